The summed E-state index contributed by atoms with van der Waals surface area (Å²) >= 11 is 0. The summed E-state index contributed by atoms with van der Waals surface area (Å²) in [6, 6.07) is 8.85. The van der Waals surface area contributed by atoms with Crippen molar-refractivity contribution in [2.24, 2.45) is 0 Å². The van der Waals surface area contributed by atoms with Crippen LogP contribution in [0, 0.1) is 0 Å². The van der Waals surface area contributed by atoms with E-state index in [1.165, 1.54) is 18.2 Å². The van der Waals surface area contributed by atoms with Crippen LogP contribution >= 0.6 is 0 Å². The lowest BCUT2D eigenvalue weighted by Crippen LogP contribution is -2.63. The van der Waals surface area contributed by atoms with Crippen molar-refractivity contribution in [3.8, 4) is 28.4 Å². The topological polar surface area (TPSA) is 199 Å². The van der Waals surface area contributed by atoms with Crippen molar-refractivity contribution in [3.63, 3.8) is 0 Å². The average molecular weight is 699 g/mol. The Balaban J connectivity index is 1.57. The van der Waals surface area contributed by atoms with Gasteiger partial charge in [0, 0.05) is 33.8 Å². The van der Waals surface area contributed by atoms with Crippen LogP contribution in [-0.2, 0) is 47.6 Å². The molecule has 1 saturated heterocycles. The molecule has 266 valence electrons. The zero-order valence-electron chi connectivity index (χ0n) is 27.7. The lowest BCUT2D eigenvalue weighted by Gasteiger charge is -2.43. The first-order valence-corrected chi connectivity index (χ1v) is 15.5. The average Bonchev–Trinajstić information content (AvgIpc) is 3.05. The third kappa shape index (κ3) is 7.97. The summed E-state index contributed by atoms with van der Waals surface area (Å²) in [5.41, 5.74) is -0.390. The van der Waals surface area contributed by atoms with Crippen LogP contribution in [0.25, 0.3) is 22.1 Å². The van der Waals surface area contributed by atoms with Crippen molar-refractivity contribution in [1.29, 1.82) is 0 Å². The number of hydrogen-bond acceptors (Lipinski definition) is 16. The number of carbonyl (C=O) groups is 5. The minimum absolute atomic E-state index is 0.00673. The Morgan fingerprint density at radius 2 is 1.42 bits per heavy atom. The van der Waals surface area contributed by atoms with E-state index in [-0.39, 0.29) is 34.6 Å². The fourth-order valence-corrected chi connectivity index (χ4v) is 5.47. The summed E-state index contributed by atoms with van der Waals surface area (Å²) in [6.45, 7) is 6.22. The molecule has 0 spiro atoms. The molecule has 0 radical (unpaired) electrons. The minimum atomic E-state index is -1.55. The summed E-state index contributed by atoms with van der Waals surface area (Å²) < 4.78 is 55.9. The predicted octanol–water partition coefficient (Wildman–Crippen LogP) is 2.87. The second-order valence-electron chi connectivity index (χ2n) is 11.1. The molecule has 1 aromatic heterocycles. The molecule has 2 aliphatic rings. The van der Waals surface area contributed by atoms with E-state index in [0.29, 0.717) is 30.3 Å². The van der Waals surface area contributed by atoms with Crippen LogP contribution in [0.1, 0.15) is 45.2 Å². The van der Waals surface area contributed by atoms with E-state index in [2.05, 4.69) is 0 Å². The van der Waals surface area contributed by atoms with Gasteiger partial charge >= 0.3 is 29.8 Å². The van der Waals surface area contributed by atoms with Crippen LogP contribution < -0.4 is 19.6 Å². The first-order chi connectivity index (χ1) is 23.9. The minimum Gasteiger partial charge on any atom is -0.486 e. The molecule has 2 aromatic carbocycles. The normalized spacial score (nSPS) is 21.0. The Labute approximate surface area is 284 Å². The van der Waals surface area contributed by atoms with Crippen molar-refractivity contribution in [2.45, 2.75) is 65.3 Å². The van der Waals surface area contributed by atoms with Gasteiger partial charge in [0.1, 0.15) is 37.3 Å². The highest BCUT2D eigenvalue weighted by atomic mass is 16.7. The fourth-order valence-electron chi connectivity index (χ4n) is 5.47. The zero-order chi connectivity index (χ0) is 36.1. The van der Waals surface area contributed by atoms with Crippen LogP contribution in [0.4, 0.5) is 0 Å². The lowest BCUT2D eigenvalue weighted by atomic mass is 9.98. The number of benzene rings is 2. The fraction of sp³-hybridized carbons (Fsp3) is 0.412. The van der Waals surface area contributed by atoms with Crippen LogP contribution in [0.2, 0.25) is 0 Å². The third-order valence-electron chi connectivity index (χ3n) is 7.36. The SMILES string of the molecule is CCOC(=O)c1oc2cc(O[C@@H]3O[C@@H](COC(C)=O)[C@H](OC(C)=O)[C@@H](OC(C)=O)[C@@H]3OC(C)=O)ccc2c(=O)c1-c1ccc2c(c1)OCCO2. The summed E-state index contributed by atoms with van der Waals surface area (Å²) in [4.78, 5) is 75.1. The molecule has 0 bridgehead atoms. The number of esters is 5. The van der Waals surface area contributed by atoms with Gasteiger partial charge in [0.2, 0.25) is 23.6 Å². The quantitative estimate of drug-likeness (QED) is 0.221. The van der Waals surface area contributed by atoms with Crippen molar-refractivity contribution in [2.75, 3.05) is 26.4 Å². The number of fused-ring (bicyclic) bond motifs is 2. The van der Waals surface area contributed by atoms with E-state index in [1.807, 2.05) is 0 Å². The first-order valence-electron chi connectivity index (χ1n) is 15.5. The van der Waals surface area contributed by atoms with Crippen LogP contribution in [-0.4, -0.2) is 87.0 Å². The molecule has 3 heterocycles. The highest BCUT2D eigenvalue weighted by Gasteiger charge is 2.53. The second-order valence-corrected chi connectivity index (χ2v) is 11.1. The molecular weight excluding hydrogens is 664 g/mol. The Kier molecular flexibility index (Phi) is 10.9. The van der Waals surface area contributed by atoms with Crippen molar-refractivity contribution in [3.05, 3.63) is 52.4 Å². The first kappa shape index (κ1) is 35.7. The van der Waals surface area contributed by atoms with Crippen LogP contribution in [0.5, 0.6) is 17.2 Å². The molecule has 0 amide bonds. The zero-order valence-corrected chi connectivity index (χ0v) is 27.7. The molecule has 0 aliphatic carbocycles. The van der Waals surface area contributed by atoms with Gasteiger partial charge in [-0.3, -0.25) is 24.0 Å². The van der Waals surface area contributed by atoms with Crippen molar-refractivity contribution < 1.29 is 71.0 Å². The van der Waals surface area contributed by atoms with Gasteiger partial charge in [0.25, 0.3) is 0 Å². The van der Waals surface area contributed by atoms with Crippen LogP contribution in [0.3, 0.4) is 0 Å². The van der Waals surface area contributed by atoms with Gasteiger partial charge in [-0.2, -0.15) is 0 Å². The Hall–Kier alpha value is -5.64. The van der Waals surface area contributed by atoms with Gasteiger partial charge < -0.3 is 47.0 Å². The van der Waals surface area contributed by atoms with Gasteiger partial charge in [0.15, 0.2) is 23.7 Å². The maximum atomic E-state index is 13.9. The maximum absolute atomic E-state index is 13.9. The highest BCUT2D eigenvalue weighted by molar-refractivity contribution is 5.98. The Bertz CT molecular complexity index is 1860. The van der Waals surface area contributed by atoms with E-state index in [4.69, 9.17) is 47.0 Å². The van der Waals surface area contributed by atoms with E-state index < -0.39 is 72.6 Å². The second kappa shape index (κ2) is 15.3. The molecule has 1 fully saturated rings. The van der Waals surface area contributed by atoms with Gasteiger partial charge in [-0.05, 0) is 36.8 Å². The number of hydrogen-bond donors (Lipinski definition) is 0. The standard InChI is InChI=1S/C34H34O16/c1-6-41-33(40)30-27(20-7-10-23-25(13-20)43-12-11-42-23)28(39)22-9-8-21(14-24(22)49-30)48-34-32(47-19(5)38)31(46-18(4)37)29(45-17(3)36)26(50-34)15-44-16(2)35/h7-10,13-14,26,29,31-32,34H,6,11-12,15H2,1-5H3/t26-,29-,31+,32-,34+/m0/s1. The third-order valence-corrected chi connectivity index (χ3v) is 7.36. The Morgan fingerprint density at radius 3 is 2.08 bits per heavy atom. The van der Waals surface area contributed by atoms with Gasteiger partial charge in [-0.1, -0.05) is 6.07 Å². The number of rotatable bonds is 10. The number of carbonyl (C=O) groups excluding carboxylic acids is 5. The van der Waals surface area contributed by atoms with Gasteiger partial charge in [-0.25, -0.2) is 4.79 Å². The molecule has 50 heavy (non-hydrogen) atoms. The molecule has 5 atom stereocenters. The smallest absolute Gasteiger partial charge is 0.375 e. The Morgan fingerprint density at radius 1 is 0.760 bits per heavy atom. The molecule has 2 aliphatic heterocycles. The lowest BCUT2D eigenvalue weighted by molar-refractivity contribution is -0.288. The summed E-state index contributed by atoms with van der Waals surface area (Å²) in [5, 5.41) is 0.0665. The molecule has 0 saturated carbocycles. The summed E-state index contributed by atoms with van der Waals surface area (Å²) in [7, 11) is 0. The molecule has 0 N–H and O–H groups in total. The van der Waals surface area contributed by atoms with E-state index in [0.717, 1.165) is 27.7 Å². The molecule has 0 unspecified atom stereocenters. The van der Waals surface area contributed by atoms with Crippen molar-refractivity contribution >= 4 is 40.8 Å². The van der Waals surface area contributed by atoms with E-state index in [9.17, 15) is 28.8 Å². The van der Waals surface area contributed by atoms with Crippen molar-refractivity contribution in [1.82, 2.24) is 0 Å². The van der Waals surface area contributed by atoms with Gasteiger partial charge in [0.05, 0.1) is 17.6 Å². The van der Waals surface area contributed by atoms with Crippen LogP contribution in [0.15, 0.2) is 45.6 Å². The molecule has 16 nitrogen and oxygen atoms in total. The number of ether oxygens (including phenoxy) is 9. The summed E-state index contributed by atoms with van der Waals surface area (Å²) in [6.07, 6.45) is -7.18. The maximum Gasteiger partial charge on any atom is 0.375 e. The molecule has 16 heteroatoms. The van der Waals surface area contributed by atoms with E-state index in [1.54, 1.807) is 25.1 Å². The monoisotopic (exact) mass is 698 g/mol. The predicted molar refractivity (Wildman–Crippen MR) is 167 cm³/mol. The molecular formula is C34H34O16. The highest BCUT2D eigenvalue weighted by Crippen LogP contribution is 2.37. The largest absolute Gasteiger partial charge is 0.486 e. The molecule has 3 aromatic rings. The van der Waals surface area contributed by atoms with Gasteiger partial charge in [-0.15, -0.1) is 0 Å². The van der Waals surface area contributed by atoms with E-state index >= 15 is 0 Å². The molecule has 5 rings (SSSR count). The summed E-state index contributed by atoms with van der Waals surface area (Å²) in [5.74, 6) is -3.54.